The quantitative estimate of drug-likeness (QED) is 0.167. The van der Waals surface area contributed by atoms with Crippen LogP contribution in [0.2, 0.25) is 0 Å². The number of thiazole rings is 1. The summed E-state index contributed by atoms with van der Waals surface area (Å²) in [7, 11) is 0. The topological polar surface area (TPSA) is 176 Å². The lowest BCUT2D eigenvalue weighted by atomic mass is 9.97. The van der Waals surface area contributed by atoms with Gasteiger partial charge in [0.2, 0.25) is 11.8 Å². The molecule has 2 atom stereocenters. The molecule has 8 rings (SSSR count). The van der Waals surface area contributed by atoms with E-state index in [1.807, 2.05) is 65.6 Å². The molecular formula is C35H34N8O7S. The Balaban J connectivity index is 0.000000159. The molecule has 0 N–H and O–H groups in total. The number of para-hydroxylation sites is 2. The molecule has 16 heteroatoms. The molecule has 0 bridgehead atoms. The van der Waals surface area contributed by atoms with Crippen LogP contribution >= 0.6 is 11.3 Å². The number of likely N-dealkylation sites (tertiary alicyclic amines) is 2. The summed E-state index contributed by atoms with van der Waals surface area (Å²) in [4.78, 5) is 42.0. The minimum atomic E-state index is -0.0891. The number of aromatic nitrogens is 6. The second-order valence-electron chi connectivity index (χ2n) is 12.0. The van der Waals surface area contributed by atoms with Gasteiger partial charge in [-0.3, -0.25) is 14.6 Å². The van der Waals surface area contributed by atoms with Crippen molar-refractivity contribution in [3.8, 4) is 23.5 Å². The van der Waals surface area contributed by atoms with E-state index in [0.29, 0.717) is 59.1 Å². The molecule has 4 aromatic heterocycles. The number of ether oxygens (including phenoxy) is 2. The summed E-state index contributed by atoms with van der Waals surface area (Å²) >= 11 is 1.35. The van der Waals surface area contributed by atoms with Crippen LogP contribution in [0.5, 0.6) is 23.5 Å². The molecule has 15 nitrogen and oxygen atoms in total. The SMILES string of the molecule is Cc1oncc1C(=O)N1CCC[C@H](c2nc(Oc3ccccc3)no2)C1.O=C(c1cncs1)N1CCC[C@H](c2nc(Oc3ccccc3)no2)C1. The Morgan fingerprint density at radius 1 is 0.745 bits per heavy atom. The van der Waals surface area contributed by atoms with Gasteiger partial charge in [0.25, 0.3) is 11.8 Å². The van der Waals surface area contributed by atoms with Gasteiger partial charge >= 0.3 is 12.0 Å². The van der Waals surface area contributed by atoms with E-state index in [-0.39, 0.29) is 35.7 Å². The minimum absolute atomic E-state index is 0.00692. The Labute approximate surface area is 296 Å². The standard InChI is InChI=1S/C18H18N4O4.C17H16N4O3S/c1-12-15(10-19-25-12)17(23)22-9-5-6-13(11-22)16-20-18(21-26-16)24-14-7-3-2-4-8-14;22-16(14-9-18-11-25-14)21-8-4-5-12(10-21)15-19-17(20-24-15)23-13-6-2-1-3-7-13/h2-4,7-8,10,13H,5-6,9,11H2,1H3;1-3,6-7,9,11-12H,4-5,8,10H2/t13-;12-/m00/s1. The number of piperidine rings is 2. The van der Waals surface area contributed by atoms with E-state index in [9.17, 15) is 9.59 Å². The fourth-order valence-electron chi connectivity index (χ4n) is 5.92. The summed E-state index contributed by atoms with van der Waals surface area (Å²) < 4.78 is 26.9. The van der Waals surface area contributed by atoms with Crippen LogP contribution in [0.25, 0.3) is 0 Å². The number of hydrogen-bond donors (Lipinski definition) is 0. The Morgan fingerprint density at radius 3 is 1.78 bits per heavy atom. The summed E-state index contributed by atoms with van der Waals surface area (Å²) in [5.74, 6) is 2.72. The van der Waals surface area contributed by atoms with Crippen molar-refractivity contribution >= 4 is 23.2 Å². The molecule has 0 spiro atoms. The zero-order chi connectivity index (χ0) is 35.0. The first kappa shape index (κ1) is 33.6. The van der Waals surface area contributed by atoms with Crippen molar-refractivity contribution in [3.05, 3.63) is 107 Å². The van der Waals surface area contributed by atoms with E-state index in [0.717, 1.165) is 32.2 Å². The van der Waals surface area contributed by atoms with Crippen LogP contribution in [-0.2, 0) is 0 Å². The largest absolute Gasteiger partial charge is 0.422 e. The maximum atomic E-state index is 12.6. The average Bonchev–Trinajstić information content (AvgIpc) is 4.02. The highest BCUT2D eigenvalue weighted by Crippen LogP contribution is 2.30. The maximum absolute atomic E-state index is 12.6. The molecule has 2 saturated heterocycles. The van der Waals surface area contributed by atoms with Gasteiger partial charge in [0, 0.05) is 26.2 Å². The number of carbonyl (C=O) groups excluding carboxylic acids is 2. The van der Waals surface area contributed by atoms with Gasteiger partial charge in [-0.15, -0.1) is 11.3 Å². The Bertz CT molecular complexity index is 2020. The Kier molecular flexibility index (Phi) is 10.4. The van der Waals surface area contributed by atoms with Gasteiger partial charge in [0.15, 0.2) is 0 Å². The number of amides is 2. The van der Waals surface area contributed by atoms with Crippen LogP contribution < -0.4 is 9.47 Å². The first-order valence-electron chi connectivity index (χ1n) is 16.5. The van der Waals surface area contributed by atoms with Crippen LogP contribution in [0.15, 0.2) is 92.1 Å². The summed E-state index contributed by atoms with van der Waals surface area (Å²) in [5.41, 5.74) is 2.16. The van der Waals surface area contributed by atoms with Crippen molar-refractivity contribution in [2.75, 3.05) is 26.2 Å². The van der Waals surface area contributed by atoms with Gasteiger partial charge in [0.05, 0.1) is 29.7 Å². The first-order chi connectivity index (χ1) is 25.0. The van der Waals surface area contributed by atoms with E-state index in [4.69, 9.17) is 23.0 Å². The smallest absolute Gasteiger partial charge is 0.359 e. The van der Waals surface area contributed by atoms with Crippen molar-refractivity contribution in [2.24, 2.45) is 0 Å². The zero-order valence-corrected chi connectivity index (χ0v) is 28.5. The number of nitrogens with zero attached hydrogens (tertiary/aromatic N) is 8. The van der Waals surface area contributed by atoms with E-state index < -0.39 is 0 Å². The molecule has 6 aromatic rings. The van der Waals surface area contributed by atoms with Gasteiger partial charge in [0.1, 0.15) is 27.7 Å². The first-order valence-corrected chi connectivity index (χ1v) is 17.4. The van der Waals surface area contributed by atoms with Gasteiger partial charge in [-0.05, 0) is 67.2 Å². The number of rotatable bonds is 8. The molecular weight excluding hydrogens is 677 g/mol. The molecule has 6 heterocycles. The molecule has 0 unspecified atom stereocenters. The molecule has 51 heavy (non-hydrogen) atoms. The van der Waals surface area contributed by atoms with Crippen LogP contribution in [0, 0.1) is 6.92 Å². The molecule has 2 aromatic carbocycles. The molecule has 2 aliphatic heterocycles. The predicted octanol–water partition coefficient (Wildman–Crippen LogP) is 6.52. The van der Waals surface area contributed by atoms with E-state index in [1.54, 1.807) is 23.5 Å². The molecule has 262 valence electrons. The highest BCUT2D eigenvalue weighted by Gasteiger charge is 2.32. The second-order valence-corrected chi connectivity index (χ2v) is 12.9. The number of carbonyl (C=O) groups is 2. The fraction of sp³-hybridized carbons (Fsp3) is 0.314. The highest BCUT2D eigenvalue weighted by molar-refractivity contribution is 7.11. The predicted molar refractivity (Wildman–Crippen MR) is 181 cm³/mol. The third-order valence-electron chi connectivity index (χ3n) is 8.49. The molecule has 2 fully saturated rings. The van der Waals surface area contributed by atoms with E-state index >= 15 is 0 Å². The lowest BCUT2D eigenvalue weighted by molar-refractivity contribution is 0.0689. The van der Waals surface area contributed by atoms with Crippen LogP contribution in [-0.4, -0.2) is 78.2 Å². The van der Waals surface area contributed by atoms with E-state index in [1.165, 1.54) is 17.5 Å². The average molecular weight is 711 g/mol. The highest BCUT2D eigenvalue weighted by atomic mass is 32.1. The lowest BCUT2D eigenvalue weighted by Gasteiger charge is -2.30. The van der Waals surface area contributed by atoms with Crippen molar-refractivity contribution in [2.45, 2.75) is 44.4 Å². The van der Waals surface area contributed by atoms with Crippen molar-refractivity contribution < 1.29 is 32.6 Å². The van der Waals surface area contributed by atoms with Crippen LogP contribution in [0.3, 0.4) is 0 Å². The van der Waals surface area contributed by atoms with Crippen LogP contribution in [0.4, 0.5) is 0 Å². The Morgan fingerprint density at radius 2 is 1.29 bits per heavy atom. The second kappa shape index (κ2) is 15.8. The monoisotopic (exact) mass is 710 g/mol. The van der Waals surface area contributed by atoms with Crippen molar-refractivity contribution in [1.82, 2.24) is 40.2 Å². The fourth-order valence-corrected chi connectivity index (χ4v) is 6.51. The number of benzene rings is 2. The molecule has 2 amide bonds. The summed E-state index contributed by atoms with van der Waals surface area (Å²) in [6, 6.07) is 18.9. The number of aryl methyl sites for hydroxylation is 1. The van der Waals surface area contributed by atoms with Gasteiger partial charge in [-0.25, -0.2) is 0 Å². The molecule has 2 aliphatic rings. The van der Waals surface area contributed by atoms with Gasteiger partial charge < -0.3 is 32.8 Å². The minimum Gasteiger partial charge on any atom is -0.422 e. The van der Waals surface area contributed by atoms with Gasteiger partial charge in [-0.2, -0.15) is 9.97 Å². The van der Waals surface area contributed by atoms with Crippen molar-refractivity contribution in [1.29, 1.82) is 0 Å². The zero-order valence-electron chi connectivity index (χ0n) is 27.7. The molecule has 0 saturated carbocycles. The summed E-state index contributed by atoms with van der Waals surface area (Å²) in [6.45, 7) is 4.21. The van der Waals surface area contributed by atoms with Crippen LogP contribution in [0.1, 0.15) is 75.1 Å². The summed E-state index contributed by atoms with van der Waals surface area (Å²) in [5, 5.41) is 11.4. The normalized spacial score (nSPS) is 17.4. The molecule has 0 aliphatic carbocycles. The number of hydrogen-bond acceptors (Lipinski definition) is 14. The van der Waals surface area contributed by atoms with E-state index in [2.05, 4.69) is 30.4 Å². The third kappa shape index (κ3) is 8.29. The third-order valence-corrected chi connectivity index (χ3v) is 9.25. The Hall–Kier alpha value is -5.90. The lowest BCUT2D eigenvalue weighted by Crippen LogP contribution is -2.39. The summed E-state index contributed by atoms with van der Waals surface area (Å²) in [6.07, 6.45) is 6.60. The van der Waals surface area contributed by atoms with Crippen molar-refractivity contribution in [3.63, 3.8) is 0 Å². The maximum Gasteiger partial charge on any atom is 0.359 e. The molecule has 0 radical (unpaired) electrons. The van der Waals surface area contributed by atoms with Gasteiger partial charge in [-0.1, -0.05) is 41.6 Å².